The molecule has 1 saturated carbocycles. The number of halogens is 1. The third-order valence-corrected chi connectivity index (χ3v) is 7.61. The first kappa shape index (κ1) is 21.8. The number of nitrogens with one attached hydrogen (secondary N) is 1. The molecule has 2 aromatic carbocycles. The van der Waals surface area contributed by atoms with Crippen molar-refractivity contribution in [2.24, 2.45) is 0 Å². The maximum atomic E-state index is 14.1. The van der Waals surface area contributed by atoms with Crippen LogP contribution in [-0.4, -0.2) is 44.5 Å². The molecule has 6 heteroatoms. The highest BCUT2D eigenvalue weighted by Crippen LogP contribution is 2.44. The largest absolute Gasteiger partial charge is 0.358 e. The molecule has 33 heavy (non-hydrogen) atoms. The van der Waals surface area contributed by atoms with Gasteiger partial charge in [-0.05, 0) is 87.9 Å². The minimum Gasteiger partial charge on any atom is -0.358 e. The van der Waals surface area contributed by atoms with Gasteiger partial charge in [-0.2, -0.15) is 0 Å². The van der Waals surface area contributed by atoms with Crippen molar-refractivity contribution in [1.29, 1.82) is 0 Å². The molecule has 1 fully saturated rings. The maximum absolute atomic E-state index is 14.1. The van der Waals surface area contributed by atoms with Gasteiger partial charge in [0.05, 0.1) is 6.20 Å². The molecule has 0 aliphatic heterocycles. The number of aromatic nitrogens is 4. The van der Waals surface area contributed by atoms with Crippen LogP contribution in [0.1, 0.15) is 48.4 Å². The molecule has 0 radical (unpaired) electrons. The third-order valence-electron chi connectivity index (χ3n) is 7.61. The summed E-state index contributed by atoms with van der Waals surface area (Å²) in [4.78, 5) is 6.10. The van der Waals surface area contributed by atoms with E-state index < -0.39 is 0 Å². The number of hydrogen-bond acceptors (Lipinski definition) is 3. The fraction of sp³-hybridized carbons (Fsp3) is 0.407. The van der Waals surface area contributed by atoms with Gasteiger partial charge < -0.3 is 9.88 Å². The van der Waals surface area contributed by atoms with Crippen LogP contribution in [0.2, 0.25) is 0 Å². The first-order valence-electron chi connectivity index (χ1n) is 11.9. The lowest BCUT2D eigenvalue weighted by Gasteiger charge is -2.45. The zero-order valence-electron chi connectivity index (χ0n) is 19.5. The summed E-state index contributed by atoms with van der Waals surface area (Å²) in [5.41, 5.74) is 5.11. The second-order valence-corrected chi connectivity index (χ2v) is 9.68. The van der Waals surface area contributed by atoms with Crippen LogP contribution < -0.4 is 0 Å². The summed E-state index contributed by atoms with van der Waals surface area (Å²) in [5, 5.41) is 9.03. The van der Waals surface area contributed by atoms with Crippen LogP contribution in [0.3, 0.4) is 0 Å². The Bertz CT molecular complexity index is 1190. The second-order valence-electron chi connectivity index (χ2n) is 9.68. The van der Waals surface area contributed by atoms with Crippen LogP contribution in [0.15, 0.2) is 60.9 Å². The van der Waals surface area contributed by atoms with Crippen molar-refractivity contribution >= 4 is 10.9 Å². The Kier molecular flexibility index (Phi) is 6.02. The van der Waals surface area contributed by atoms with Gasteiger partial charge >= 0.3 is 0 Å². The molecule has 5 nitrogen and oxygen atoms in total. The van der Waals surface area contributed by atoms with E-state index in [0.717, 1.165) is 56.0 Å². The molecule has 0 amide bonds. The van der Waals surface area contributed by atoms with E-state index in [2.05, 4.69) is 64.6 Å². The van der Waals surface area contributed by atoms with Crippen LogP contribution in [0.4, 0.5) is 4.39 Å². The first-order valence-corrected chi connectivity index (χ1v) is 11.9. The highest BCUT2D eigenvalue weighted by atomic mass is 19.1. The van der Waals surface area contributed by atoms with E-state index in [0.29, 0.717) is 5.92 Å². The predicted octanol–water partition coefficient (Wildman–Crippen LogP) is 5.34. The van der Waals surface area contributed by atoms with E-state index in [1.54, 1.807) is 18.3 Å². The van der Waals surface area contributed by atoms with Crippen molar-refractivity contribution in [3.63, 3.8) is 0 Å². The normalized spacial score (nSPS) is 21.2. The Hall–Kier alpha value is -2.99. The molecule has 0 saturated heterocycles. The van der Waals surface area contributed by atoms with Gasteiger partial charge in [0.25, 0.3) is 0 Å². The van der Waals surface area contributed by atoms with E-state index in [4.69, 9.17) is 0 Å². The summed E-state index contributed by atoms with van der Waals surface area (Å²) in [6.07, 6.45) is 9.99. The Balaban J connectivity index is 1.40. The van der Waals surface area contributed by atoms with Crippen LogP contribution in [0, 0.1) is 5.82 Å². The van der Waals surface area contributed by atoms with Crippen molar-refractivity contribution in [3.8, 4) is 0 Å². The molecule has 4 aromatic rings. The molecular formula is C27H32FN5. The van der Waals surface area contributed by atoms with Gasteiger partial charge in [-0.25, -0.2) is 4.39 Å². The lowest BCUT2D eigenvalue weighted by molar-refractivity contribution is 0.0920. The maximum Gasteiger partial charge on any atom is 0.123 e. The van der Waals surface area contributed by atoms with E-state index in [1.165, 1.54) is 16.8 Å². The minimum atomic E-state index is -0.187. The van der Waals surface area contributed by atoms with Crippen molar-refractivity contribution in [3.05, 3.63) is 83.6 Å². The molecule has 0 unspecified atom stereocenters. The standard InChI is InChI=1S/C27H32FN5/c1-32(2)27(19-20-6-4-3-5-7-20)13-10-21(11-14-27)26-23(12-16-33-17-15-29-31-33)24-18-22(28)8-9-25(24)30-26/h3-9,15,17-18,21,30H,10-14,16,19H2,1-2H3. The number of aromatic amines is 1. The molecule has 1 aliphatic carbocycles. The average molecular weight is 446 g/mol. The SMILES string of the molecule is CN(C)C1(Cc2ccccc2)CCC(c2[nH]c3ccc(F)cc3c2CCn2ccnn2)CC1. The number of nitrogens with zero attached hydrogens (tertiary/aromatic N) is 4. The summed E-state index contributed by atoms with van der Waals surface area (Å²) < 4.78 is 16.0. The second kappa shape index (κ2) is 9.10. The molecular weight excluding hydrogens is 413 g/mol. The summed E-state index contributed by atoms with van der Waals surface area (Å²) >= 11 is 0. The minimum absolute atomic E-state index is 0.177. The number of aryl methyl sites for hydroxylation is 2. The quantitative estimate of drug-likeness (QED) is 0.418. The van der Waals surface area contributed by atoms with Crippen LogP contribution in [0.25, 0.3) is 10.9 Å². The number of benzene rings is 2. The van der Waals surface area contributed by atoms with Crippen LogP contribution in [-0.2, 0) is 19.4 Å². The van der Waals surface area contributed by atoms with E-state index in [9.17, 15) is 4.39 Å². The Morgan fingerprint density at radius 1 is 1.12 bits per heavy atom. The summed E-state index contributed by atoms with van der Waals surface area (Å²) in [6, 6.07) is 15.9. The monoisotopic (exact) mass is 445 g/mol. The highest BCUT2D eigenvalue weighted by molar-refractivity contribution is 5.85. The molecule has 2 aromatic heterocycles. The number of rotatable bonds is 7. The fourth-order valence-corrected chi connectivity index (χ4v) is 5.64. The van der Waals surface area contributed by atoms with Crippen molar-refractivity contribution in [1.82, 2.24) is 24.9 Å². The molecule has 1 aliphatic rings. The van der Waals surface area contributed by atoms with Crippen molar-refractivity contribution < 1.29 is 4.39 Å². The van der Waals surface area contributed by atoms with Gasteiger partial charge in [0.2, 0.25) is 0 Å². The highest BCUT2D eigenvalue weighted by Gasteiger charge is 2.38. The lowest BCUT2D eigenvalue weighted by atomic mass is 9.71. The third kappa shape index (κ3) is 4.44. The Labute approximate surface area is 194 Å². The van der Waals surface area contributed by atoms with Gasteiger partial charge in [0.1, 0.15) is 5.82 Å². The fourth-order valence-electron chi connectivity index (χ4n) is 5.64. The Morgan fingerprint density at radius 2 is 1.91 bits per heavy atom. The van der Waals surface area contributed by atoms with Crippen LogP contribution >= 0.6 is 0 Å². The number of hydrogen-bond donors (Lipinski definition) is 1. The van der Waals surface area contributed by atoms with Gasteiger partial charge in [0, 0.05) is 34.9 Å². The molecule has 1 N–H and O–H groups in total. The van der Waals surface area contributed by atoms with Crippen molar-refractivity contribution in [2.45, 2.75) is 56.5 Å². The smallest absolute Gasteiger partial charge is 0.123 e. The predicted molar refractivity (Wildman–Crippen MR) is 130 cm³/mol. The van der Waals surface area contributed by atoms with Crippen LogP contribution in [0.5, 0.6) is 0 Å². The number of H-pyrrole nitrogens is 1. The lowest BCUT2D eigenvalue weighted by Crippen LogP contribution is -2.48. The zero-order valence-corrected chi connectivity index (χ0v) is 19.5. The van der Waals surface area contributed by atoms with E-state index in [1.807, 2.05) is 16.9 Å². The number of fused-ring (bicyclic) bond motifs is 1. The van der Waals surface area contributed by atoms with E-state index in [-0.39, 0.29) is 11.4 Å². The van der Waals surface area contributed by atoms with Gasteiger partial charge in [-0.3, -0.25) is 4.68 Å². The molecule has 172 valence electrons. The molecule has 0 spiro atoms. The topological polar surface area (TPSA) is 49.7 Å². The zero-order chi connectivity index (χ0) is 22.8. The molecule has 0 atom stereocenters. The van der Waals surface area contributed by atoms with Crippen molar-refractivity contribution in [2.75, 3.05) is 14.1 Å². The molecule has 5 rings (SSSR count). The van der Waals surface area contributed by atoms with E-state index >= 15 is 0 Å². The molecule has 2 heterocycles. The Morgan fingerprint density at radius 3 is 2.61 bits per heavy atom. The summed E-state index contributed by atoms with van der Waals surface area (Å²) in [7, 11) is 4.44. The average Bonchev–Trinajstić information content (AvgIpc) is 3.46. The van der Waals surface area contributed by atoms with Gasteiger partial charge in [-0.15, -0.1) is 5.10 Å². The molecule has 0 bridgehead atoms. The summed E-state index contributed by atoms with van der Waals surface area (Å²) in [5.74, 6) is 0.267. The summed E-state index contributed by atoms with van der Waals surface area (Å²) in [6.45, 7) is 0.735. The first-order chi connectivity index (χ1) is 16.0. The number of likely N-dealkylation sites (N-methyl/N-ethyl adjacent to an activating group) is 1. The van der Waals surface area contributed by atoms with Gasteiger partial charge in [0.15, 0.2) is 0 Å². The van der Waals surface area contributed by atoms with Gasteiger partial charge in [-0.1, -0.05) is 35.5 Å².